The van der Waals surface area contributed by atoms with E-state index >= 15 is 0 Å². The largest absolute Gasteiger partial charge is 0.463 e. The zero-order valence-electron chi connectivity index (χ0n) is 15.4. The van der Waals surface area contributed by atoms with Crippen molar-refractivity contribution in [3.8, 4) is 0 Å². The number of ether oxygens (including phenoxy) is 1. The Balaban J connectivity index is 2.69. The number of carbonyl (C=O) groups is 2. The van der Waals surface area contributed by atoms with Gasteiger partial charge in [0.1, 0.15) is 0 Å². The van der Waals surface area contributed by atoms with E-state index in [1.165, 1.54) is 16.4 Å². The third-order valence-corrected chi connectivity index (χ3v) is 5.62. The molecule has 0 saturated heterocycles. The molecule has 8 nitrogen and oxygen atoms in total. The molecule has 0 aliphatic heterocycles. The maximum atomic E-state index is 12.4. The van der Waals surface area contributed by atoms with Gasteiger partial charge in [-0.2, -0.15) is 4.31 Å². The van der Waals surface area contributed by atoms with Gasteiger partial charge >= 0.3 is 5.97 Å². The van der Waals surface area contributed by atoms with E-state index in [4.69, 9.17) is 12.2 Å². The Labute approximate surface area is 164 Å². The van der Waals surface area contributed by atoms with Crippen molar-refractivity contribution in [1.29, 1.82) is 0 Å². The Bertz CT molecular complexity index is 800. The van der Waals surface area contributed by atoms with Gasteiger partial charge in [-0.25, -0.2) is 13.2 Å². The fourth-order valence-electron chi connectivity index (χ4n) is 2.07. The highest BCUT2D eigenvalue weighted by Crippen LogP contribution is 2.18. The summed E-state index contributed by atoms with van der Waals surface area (Å²) in [6, 6.07) is 6.01. The minimum Gasteiger partial charge on any atom is -0.463 e. The Morgan fingerprint density at radius 2 is 1.70 bits per heavy atom. The molecule has 0 aliphatic rings. The van der Waals surface area contributed by atoms with E-state index in [-0.39, 0.29) is 16.6 Å². The normalized spacial score (nSPS) is 11.4. The van der Waals surface area contributed by atoms with Crippen LogP contribution < -0.4 is 10.6 Å². The smallest absolute Gasteiger partial charge is 0.330 e. The number of carbonyl (C=O) groups excluding carboxylic acids is 2. The molecular weight excluding hydrogens is 390 g/mol. The molecule has 0 heterocycles. The highest BCUT2D eigenvalue weighted by molar-refractivity contribution is 7.89. The summed E-state index contributed by atoms with van der Waals surface area (Å²) >= 11 is 5.01. The van der Waals surface area contributed by atoms with Gasteiger partial charge in [0, 0.05) is 30.9 Å². The number of nitrogens with zero attached hydrogens (tertiary/aromatic N) is 1. The van der Waals surface area contributed by atoms with Crippen molar-refractivity contribution in [2.75, 3.05) is 25.0 Å². The molecule has 0 bridgehead atoms. The summed E-state index contributed by atoms with van der Waals surface area (Å²) in [5.41, 5.74) is 0.508. The second-order valence-electron chi connectivity index (χ2n) is 5.14. The number of sulfonamides is 1. The van der Waals surface area contributed by atoms with E-state index in [0.29, 0.717) is 18.8 Å². The van der Waals surface area contributed by atoms with E-state index in [0.717, 1.165) is 12.2 Å². The first-order valence-corrected chi connectivity index (χ1v) is 10.2. The predicted molar refractivity (Wildman–Crippen MR) is 107 cm³/mol. The molecule has 2 N–H and O–H groups in total. The topological polar surface area (TPSA) is 105 Å². The molecule has 148 valence electrons. The molecule has 27 heavy (non-hydrogen) atoms. The van der Waals surface area contributed by atoms with Crippen molar-refractivity contribution >= 4 is 44.9 Å². The highest BCUT2D eigenvalue weighted by Gasteiger charge is 2.21. The van der Waals surface area contributed by atoms with Crippen LogP contribution in [0, 0.1) is 0 Å². The molecule has 1 rings (SSSR count). The maximum Gasteiger partial charge on any atom is 0.330 e. The molecule has 1 aromatic rings. The molecule has 0 fully saturated rings. The van der Waals surface area contributed by atoms with E-state index < -0.39 is 21.9 Å². The van der Waals surface area contributed by atoms with Crippen LogP contribution >= 0.6 is 12.2 Å². The van der Waals surface area contributed by atoms with Crippen LogP contribution in [0.5, 0.6) is 0 Å². The van der Waals surface area contributed by atoms with Gasteiger partial charge in [0.25, 0.3) is 0 Å². The summed E-state index contributed by atoms with van der Waals surface area (Å²) < 4.78 is 30.9. The van der Waals surface area contributed by atoms with Gasteiger partial charge in [-0.1, -0.05) is 13.8 Å². The number of hydrogen-bond donors (Lipinski definition) is 2. The van der Waals surface area contributed by atoms with E-state index in [2.05, 4.69) is 15.4 Å². The molecule has 0 radical (unpaired) electrons. The maximum absolute atomic E-state index is 12.4. The monoisotopic (exact) mass is 413 g/mol. The van der Waals surface area contributed by atoms with Crippen molar-refractivity contribution in [1.82, 2.24) is 9.62 Å². The van der Waals surface area contributed by atoms with Crippen LogP contribution in [-0.4, -0.2) is 49.4 Å². The molecule has 10 heteroatoms. The molecular formula is C17H23N3O5S2. The predicted octanol–water partition coefficient (Wildman–Crippen LogP) is 1.65. The zero-order valence-corrected chi connectivity index (χ0v) is 17.0. The minimum atomic E-state index is -3.54. The van der Waals surface area contributed by atoms with Gasteiger partial charge in [-0.05, 0) is 43.4 Å². The number of anilines is 1. The van der Waals surface area contributed by atoms with Crippen LogP contribution in [0.15, 0.2) is 41.3 Å². The average Bonchev–Trinajstić information content (AvgIpc) is 2.61. The number of amides is 1. The lowest BCUT2D eigenvalue weighted by atomic mass is 10.3. The SMILES string of the molecule is CCOC(=O)/C=C/C(=O)NC(=S)Nc1ccc(S(=O)(=O)N(CC)CC)cc1. The van der Waals surface area contributed by atoms with Crippen molar-refractivity contribution in [2.24, 2.45) is 0 Å². The van der Waals surface area contributed by atoms with E-state index in [1.807, 2.05) is 0 Å². The molecule has 1 aromatic carbocycles. The quantitative estimate of drug-likeness (QED) is 0.379. The number of esters is 1. The standard InChI is InChI=1S/C17H23N3O5S2/c1-4-20(5-2)27(23,24)14-9-7-13(8-10-14)18-17(26)19-15(21)11-12-16(22)25-6-3/h7-12H,4-6H2,1-3H3,(H2,18,19,21,26)/b12-11+. The van der Waals surface area contributed by atoms with E-state index in [9.17, 15) is 18.0 Å². The summed E-state index contributed by atoms with van der Waals surface area (Å²) in [5, 5.41) is 5.14. The van der Waals surface area contributed by atoms with Gasteiger partial charge in [0.05, 0.1) is 11.5 Å². The number of benzene rings is 1. The Kier molecular flexibility index (Phi) is 9.06. The lowest BCUT2D eigenvalue weighted by molar-refractivity contribution is -0.137. The second-order valence-corrected chi connectivity index (χ2v) is 7.49. The first-order chi connectivity index (χ1) is 12.7. The van der Waals surface area contributed by atoms with Crippen LogP contribution in [0.2, 0.25) is 0 Å². The molecule has 0 unspecified atom stereocenters. The number of hydrogen-bond acceptors (Lipinski definition) is 6. The first-order valence-electron chi connectivity index (χ1n) is 8.31. The van der Waals surface area contributed by atoms with Crippen LogP contribution in [0.25, 0.3) is 0 Å². The molecule has 1 amide bonds. The molecule has 0 spiro atoms. The Hall–Kier alpha value is -2.30. The summed E-state index contributed by atoms with van der Waals surface area (Å²) in [6.45, 7) is 6.18. The average molecular weight is 414 g/mol. The van der Waals surface area contributed by atoms with Gasteiger partial charge < -0.3 is 10.1 Å². The summed E-state index contributed by atoms with van der Waals surface area (Å²) in [5.74, 6) is -1.22. The lowest BCUT2D eigenvalue weighted by Gasteiger charge is -2.18. The third kappa shape index (κ3) is 7.08. The number of rotatable bonds is 8. The van der Waals surface area contributed by atoms with E-state index in [1.54, 1.807) is 32.9 Å². The van der Waals surface area contributed by atoms with Crippen molar-refractivity contribution in [3.05, 3.63) is 36.4 Å². The molecule has 0 aromatic heterocycles. The fourth-order valence-corrected chi connectivity index (χ4v) is 3.75. The fraction of sp³-hybridized carbons (Fsp3) is 0.353. The van der Waals surface area contributed by atoms with Gasteiger partial charge in [0.2, 0.25) is 15.9 Å². The zero-order chi connectivity index (χ0) is 20.4. The summed E-state index contributed by atoms with van der Waals surface area (Å²) in [7, 11) is -3.54. The summed E-state index contributed by atoms with van der Waals surface area (Å²) in [4.78, 5) is 23.0. The minimum absolute atomic E-state index is 0.00728. The van der Waals surface area contributed by atoms with Crippen LogP contribution in [0.1, 0.15) is 20.8 Å². The Morgan fingerprint density at radius 3 is 2.22 bits per heavy atom. The van der Waals surface area contributed by atoms with Crippen molar-refractivity contribution in [3.63, 3.8) is 0 Å². The highest BCUT2D eigenvalue weighted by atomic mass is 32.2. The Morgan fingerprint density at radius 1 is 1.11 bits per heavy atom. The van der Waals surface area contributed by atoms with Gasteiger partial charge in [-0.15, -0.1) is 0 Å². The summed E-state index contributed by atoms with van der Waals surface area (Å²) in [6.07, 6.45) is 2.00. The number of thiocarbonyl (C=S) groups is 1. The lowest BCUT2D eigenvalue weighted by Crippen LogP contribution is -2.33. The first kappa shape index (κ1) is 22.7. The van der Waals surface area contributed by atoms with Crippen LogP contribution in [0.3, 0.4) is 0 Å². The third-order valence-electron chi connectivity index (χ3n) is 3.35. The van der Waals surface area contributed by atoms with Gasteiger partial charge in [-0.3, -0.25) is 10.1 Å². The van der Waals surface area contributed by atoms with Gasteiger partial charge in [0.15, 0.2) is 5.11 Å². The molecule has 0 aliphatic carbocycles. The molecule has 0 atom stereocenters. The molecule has 0 saturated carbocycles. The van der Waals surface area contributed by atoms with Crippen LogP contribution in [-0.2, 0) is 24.3 Å². The van der Waals surface area contributed by atoms with Crippen LogP contribution in [0.4, 0.5) is 5.69 Å². The van der Waals surface area contributed by atoms with Crippen molar-refractivity contribution in [2.45, 2.75) is 25.7 Å². The van der Waals surface area contributed by atoms with Crippen molar-refractivity contribution < 1.29 is 22.7 Å². The number of nitrogens with one attached hydrogen (secondary N) is 2. The second kappa shape index (κ2) is 10.8.